The molecule has 1 aromatic heterocycles. The predicted molar refractivity (Wildman–Crippen MR) is 93.4 cm³/mol. The van der Waals surface area contributed by atoms with E-state index in [4.69, 9.17) is 10.5 Å². The average Bonchev–Trinajstić information content (AvgIpc) is 3.09. The van der Waals surface area contributed by atoms with Crippen LogP contribution >= 0.6 is 0 Å². The molecule has 0 bridgehead atoms. The molecule has 4 N–H and O–H groups in total. The Morgan fingerprint density at radius 2 is 2.29 bits per heavy atom. The summed E-state index contributed by atoms with van der Waals surface area (Å²) >= 11 is 0. The van der Waals surface area contributed by atoms with Gasteiger partial charge in [-0.2, -0.15) is 0 Å². The molecule has 1 aliphatic rings. The molecule has 24 heavy (non-hydrogen) atoms. The molecule has 1 fully saturated rings. The fraction of sp³-hybridized carbons (Fsp3) is 0.444. The highest BCUT2D eigenvalue weighted by Gasteiger charge is 2.62. The van der Waals surface area contributed by atoms with Gasteiger partial charge in [-0.1, -0.05) is 26.0 Å². The van der Waals surface area contributed by atoms with E-state index < -0.39 is 11.0 Å². The number of imidazole rings is 1. The fourth-order valence-corrected chi connectivity index (χ4v) is 3.23. The van der Waals surface area contributed by atoms with E-state index in [1.165, 1.54) is 0 Å². The molecule has 2 unspecified atom stereocenters. The van der Waals surface area contributed by atoms with E-state index in [0.29, 0.717) is 18.7 Å². The summed E-state index contributed by atoms with van der Waals surface area (Å²) in [4.78, 5) is 20.0. The van der Waals surface area contributed by atoms with Crippen molar-refractivity contribution in [3.63, 3.8) is 0 Å². The third-order valence-corrected chi connectivity index (χ3v) is 5.13. The van der Waals surface area contributed by atoms with Gasteiger partial charge in [-0.3, -0.25) is 4.79 Å². The number of amides is 1. The topological polar surface area (TPSA) is 93.0 Å². The summed E-state index contributed by atoms with van der Waals surface area (Å²) in [5.41, 5.74) is 6.68. The Morgan fingerprint density at radius 3 is 2.92 bits per heavy atom. The number of hydrogen-bond donors (Lipinski definition) is 3. The average molecular weight is 328 g/mol. The normalized spacial score (nSPS) is 25.1. The van der Waals surface area contributed by atoms with E-state index in [2.05, 4.69) is 15.3 Å². The summed E-state index contributed by atoms with van der Waals surface area (Å²) < 4.78 is 5.68. The van der Waals surface area contributed by atoms with Crippen molar-refractivity contribution < 1.29 is 9.53 Å². The standard InChI is InChI=1S/C18H24N4O2/c1-4-24-14-11-18(19,17(14,2)3)16(23)22-13-7-5-6-12(10-13)15-20-8-9-21-15/h5-10,14H,4,11,19H2,1-3H3,(H,20,21)(H,22,23). The SMILES string of the molecule is CCOC1CC(N)(C(=O)Nc2cccc(-c3ncc[nH]3)c2)C1(C)C. The number of benzene rings is 1. The molecule has 3 rings (SSSR count). The first-order valence-corrected chi connectivity index (χ1v) is 8.20. The van der Waals surface area contributed by atoms with Gasteiger partial charge in [0.25, 0.3) is 0 Å². The highest BCUT2D eigenvalue weighted by molar-refractivity contribution is 6.00. The van der Waals surface area contributed by atoms with Crippen molar-refractivity contribution in [2.24, 2.45) is 11.1 Å². The maximum atomic E-state index is 12.8. The molecule has 2 aromatic rings. The summed E-state index contributed by atoms with van der Waals surface area (Å²) in [6.45, 7) is 6.54. The number of carbonyl (C=O) groups excluding carboxylic acids is 1. The lowest BCUT2D eigenvalue weighted by molar-refractivity contribution is -0.166. The summed E-state index contributed by atoms with van der Waals surface area (Å²) in [6, 6.07) is 7.54. The van der Waals surface area contributed by atoms with Crippen LogP contribution in [0.3, 0.4) is 0 Å². The fourth-order valence-electron chi connectivity index (χ4n) is 3.23. The van der Waals surface area contributed by atoms with E-state index in [-0.39, 0.29) is 12.0 Å². The van der Waals surface area contributed by atoms with Crippen LogP contribution in [-0.2, 0) is 9.53 Å². The molecular formula is C18H24N4O2. The summed E-state index contributed by atoms with van der Waals surface area (Å²) in [5, 5.41) is 2.94. The lowest BCUT2D eigenvalue weighted by atomic mass is 9.54. The first-order chi connectivity index (χ1) is 11.4. The molecule has 0 radical (unpaired) electrons. The Hall–Kier alpha value is -2.18. The van der Waals surface area contributed by atoms with Gasteiger partial charge in [-0.25, -0.2) is 4.98 Å². The predicted octanol–water partition coefficient (Wildman–Crippen LogP) is 2.55. The molecule has 0 spiro atoms. The van der Waals surface area contributed by atoms with Gasteiger partial charge >= 0.3 is 0 Å². The van der Waals surface area contributed by atoms with Crippen LogP contribution in [0.15, 0.2) is 36.7 Å². The van der Waals surface area contributed by atoms with Gasteiger partial charge in [-0.05, 0) is 19.1 Å². The van der Waals surface area contributed by atoms with Crippen molar-refractivity contribution >= 4 is 11.6 Å². The van der Waals surface area contributed by atoms with Gasteiger partial charge in [0, 0.05) is 42.1 Å². The summed E-state index contributed by atoms with van der Waals surface area (Å²) in [7, 11) is 0. The minimum absolute atomic E-state index is 0.00713. The molecule has 128 valence electrons. The van der Waals surface area contributed by atoms with Gasteiger partial charge in [-0.15, -0.1) is 0 Å². The molecule has 1 saturated carbocycles. The van der Waals surface area contributed by atoms with Gasteiger partial charge in [0.2, 0.25) is 5.91 Å². The second-order valence-corrected chi connectivity index (χ2v) is 6.81. The molecule has 1 heterocycles. The number of aromatic amines is 1. The number of nitrogens with two attached hydrogens (primary N) is 1. The number of hydrogen-bond acceptors (Lipinski definition) is 4. The van der Waals surface area contributed by atoms with E-state index in [1.54, 1.807) is 12.4 Å². The van der Waals surface area contributed by atoms with Crippen LogP contribution in [-0.4, -0.2) is 34.1 Å². The Morgan fingerprint density at radius 1 is 1.50 bits per heavy atom. The quantitative estimate of drug-likeness (QED) is 0.786. The van der Waals surface area contributed by atoms with Crippen molar-refractivity contribution in [2.75, 3.05) is 11.9 Å². The largest absolute Gasteiger partial charge is 0.378 e. The number of H-pyrrole nitrogens is 1. The molecule has 1 aromatic carbocycles. The molecule has 2 atom stereocenters. The molecule has 1 aliphatic carbocycles. The molecule has 1 amide bonds. The third-order valence-electron chi connectivity index (χ3n) is 5.13. The molecule has 6 nitrogen and oxygen atoms in total. The number of carbonyl (C=O) groups is 1. The van der Waals surface area contributed by atoms with E-state index in [1.807, 2.05) is 45.0 Å². The zero-order valence-corrected chi connectivity index (χ0v) is 14.3. The van der Waals surface area contributed by atoms with Crippen molar-refractivity contribution in [3.8, 4) is 11.4 Å². The summed E-state index contributed by atoms with van der Waals surface area (Å²) in [5.74, 6) is 0.578. The Labute approximate surface area is 141 Å². The first-order valence-electron chi connectivity index (χ1n) is 8.20. The van der Waals surface area contributed by atoms with Gasteiger partial charge in [0.15, 0.2) is 0 Å². The van der Waals surface area contributed by atoms with Crippen LogP contribution in [0.25, 0.3) is 11.4 Å². The van der Waals surface area contributed by atoms with Crippen molar-refractivity contribution in [3.05, 3.63) is 36.7 Å². The van der Waals surface area contributed by atoms with Crippen LogP contribution in [0.5, 0.6) is 0 Å². The number of nitrogens with one attached hydrogen (secondary N) is 2. The van der Waals surface area contributed by atoms with E-state index in [0.717, 1.165) is 11.4 Å². The van der Waals surface area contributed by atoms with Crippen molar-refractivity contribution in [1.82, 2.24) is 9.97 Å². The van der Waals surface area contributed by atoms with Crippen LogP contribution < -0.4 is 11.1 Å². The molecule has 6 heteroatoms. The zero-order chi connectivity index (χ0) is 17.4. The monoisotopic (exact) mass is 328 g/mol. The first kappa shape index (κ1) is 16.7. The van der Waals surface area contributed by atoms with Crippen molar-refractivity contribution in [2.45, 2.75) is 38.8 Å². The second kappa shape index (κ2) is 6.03. The Balaban J connectivity index is 1.75. The number of ether oxygens (including phenoxy) is 1. The number of anilines is 1. The second-order valence-electron chi connectivity index (χ2n) is 6.81. The number of aromatic nitrogens is 2. The van der Waals surface area contributed by atoms with Crippen LogP contribution in [0.2, 0.25) is 0 Å². The van der Waals surface area contributed by atoms with Crippen molar-refractivity contribution in [1.29, 1.82) is 0 Å². The lowest BCUT2D eigenvalue weighted by Crippen LogP contribution is -2.74. The van der Waals surface area contributed by atoms with Gasteiger partial charge in [0.1, 0.15) is 11.4 Å². The van der Waals surface area contributed by atoms with Crippen LogP contribution in [0.1, 0.15) is 27.2 Å². The summed E-state index contributed by atoms with van der Waals surface area (Å²) in [6.07, 6.45) is 3.99. The molecule has 0 saturated heterocycles. The van der Waals surface area contributed by atoms with Crippen LogP contribution in [0, 0.1) is 5.41 Å². The minimum atomic E-state index is -0.937. The smallest absolute Gasteiger partial charge is 0.245 e. The minimum Gasteiger partial charge on any atom is -0.378 e. The Kier molecular flexibility index (Phi) is 4.19. The number of rotatable bonds is 5. The maximum absolute atomic E-state index is 12.8. The molecule has 0 aliphatic heterocycles. The van der Waals surface area contributed by atoms with Gasteiger partial charge < -0.3 is 20.8 Å². The van der Waals surface area contributed by atoms with Crippen LogP contribution in [0.4, 0.5) is 5.69 Å². The lowest BCUT2D eigenvalue weighted by Gasteiger charge is -2.57. The highest BCUT2D eigenvalue weighted by Crippen LogP contribution is 2.50. The van der Waals surface area contributed by atoms with E-state index in [9.17, 15) is 4.79 Å². The Bertz CT molecular complexity index is 726. The highest BCUT2D eigenvalue weighted by atomic mass is 16.5. The van der Waals surface area contributed by atoms with Gasteiger partial charge in [0.05, 0.1) is 6.10 Å². The number of nitrogens with zero attached hydrogens (tertiary/aromatic N) is 1. The molecular weight excluding hydrogens is 304 g/mol. The maximum Gasteiger partial charge on any atom is 0.245 e. The zero-order valence-electron chi connectivity index (χ0n) is 14.3. The van der Waals surface area contributed by atoms with E-state index >= 15 is 0 Å². The third kappa shape index (κ3) is 2.61.